The van der Waals surface area contributed by atoms with E-state index in [0.29, 0.717) is 0 Å². The molecule has 0 aromatic heterocycles. The summed E-state index contributed by atoms with van der Waals surface area (Å²) in [4.78, 5) is 38.7. The van der Waals surface area contributed by atoms with E-state index in [-0.39, 0.29) is 18.5 Å². The highest BCUT2D eigenvalue weighted by atomic mass is 16.4. The molecule has 1 unspecified atom stereocenters. The molecule has 1 aliphatic rings. The van der Waals surface area contributed by atoms with E-state index in [2.05, 4.69) is 0 Å². The number of rotatable bonds is 5. The van der Waals surface area contributed by atoms with Gasteiger partial charge < -0.3 is 14.9 Å². The molecule has 0 bridgehead atoms. The van der Waals surface area contributed by atoms with Crippen molar-refractivity contribution in [2.75, 3.05) is 19.6 Å². The molecule has 0 aromatic rings. The fourth-order valence-corrected chi connectivity index (χ4v) is 2.44. The molecular formula is C15H26N2O4. The lowest BCUT2D eigenvalue weighted by atomic mass is 10.1. The Morgan fingerprint density at radius 3 is 2.00 bits per heavy atom. The van der Waals surface area contributed by atoms with Crippen LogP contribution in [0.3, 0.4) is 0 Å². The summed E-state index contributed by atoms with van der Waals surface area (Å²) >= 11 is 0. The molecule has 0 aliphatic carbocycles. The molecule has 1 fully saturated rings. The minimum Gasteiger partial charge on any atom is -0.481 e. The van der Waals surface area contributed by atoms with Crippen LogP contribution < -0.4 is 0 Å². The highest BCUT2D eigenvalue weighted by molar-refractivity contribution is 5.98. The van der Waals surface area contributed by atoms with Crippen molar-refractivity contribution in [3.8, 4) is 0 Å². The molecule has 0 saturated carbocycles. The Hall–Kier alpha value is -1.59. The standard InChI is InChI=1S/C15H26N2O4/c1-11(2)17(14(19)12(3)15(20)21)10-13(18)16-8-6-4-5-7-9-16/h11-12H,4-10H2,1-3H3,(H,20,21). The average molecular weight is 298 g/mol. The number of carbonyl (C=O) groups excluding carboxylic acids is 2. The summed E-state index contributed by atoms with van der Waals surface area (Å²) in [7, 11) is 0. The molecule has 0 aromatic carbocycles. The second-order valence-electron chi connectivity index (χ2n) is 5.91. The van der Waals surface area contributed by atoms with Crippen LogP contribution in [0.5, 0.6) is 0 Å². The van der Waals surface area contributed by atoms with Crippen molar-refractivity contribution in [2.24, 2.45) is 5.92 Å². The van der Waals surface area contributed by atoms with Gasteiger partial charge in [0, 0.05) is 19.1 Å². The van der Waals surface area contributed by atoms with Crippen LogP contribution in [0.15, 0.2) is 0 Å². The van der Waals surface area contributed by atoms with Gasteiger partial charge in [-0.15, -0.1) is 0 Å². The minimum atomic E-state index is -1.16. The van der Waals surface area contributed by atoms with Gasteiger partial charge in [-0.2, -0.15) is 0 Å². The summed E-state index contributed by atoms with van der Waals surface area (Å²) in [6, 6.07) is -0.199. The fourth-order valence-electron chi connectivity index (χ4n) is 2.44. The minimum absolute atomic E-state index is 0.0336. The number of carboxylic acid groups (broad SMARTS) is 1. The Morgan fingerprint density at radius 1 is 1.05 bits per heavy atom. The fraction of sp³-hybridized carbons (Fsp3) is 0.800. The van der Waals surface area contributed by atoms with E-state index < -0.39 is 17.8 Å². The van der Waals surface area contributed by atoms with Crippen molar-refractivity contribution in [2.45, 2.75) is 52.5 Å². The Labute approximate surface area is 126 Å². The molecule has 1 atom stereocenters. The largest absolute Gasteiger partial charge is 0.481 e. The molecule has 1 rings (SSSR count). The third kappa shape index (κ3) is 5.02. The van der Waals surface area contributed by atoms with Gasteiger partial charge in [-0.3, -0.25) is 14.4 Å². The highest BCUT2D eigenvalue weighted by Crippen LogP contribution is 2.12. The lowest BCUT2D eigenvalue weighted by molar-refractivity contribution is -0.153. The van der Waals surface area contributed by atoms with Gasteiger partial charge in [0.05, 0.1) is 0 Å². The van der Waals surface area contributed by atoms with Crippen molar-refractivity contribution < 1.29 is 19.5 Å². The third-order valence-electron chi connectivity index (χ3n) is 3.91. The molecule has 0 spiro atoms. The highest BCUT2D eigenvalue weighted by Gasteiger charge is 2.30. The van der Waals surface area contributed by atoms with Gasteiger partial charge >= 0.3 is 5.97 Å². The second kappa shape index (κ2) is 8.00. The van der Waals surface area contributed by atoms with E-state index in [1.807, 2.05) is 0 Å². The lowest BCUT2D eigenvalue weighted by Crippen LogP contribution is -2.48. The third-order valence-corrected chi connectivity index (χ3v) is 3.91. The maximum Gasteiger partial charge on any atom is 0.315 e. The van der Waals surface area contributed by atoms with Crippen LogP contribution in [0.25, 0.3) is 0 Å². The van der Waals surface area contributed by atoms with Crippen LogP contribution in [0.4, 0.5) is 0 Å². The molecule has 2 amide bonds. The van der Waals surface area contributed by atoms with Crippen molar-refractivity contribution in [3.63, 3.8) is 0 Å². The molecule has 21 heavy (non-hydrogen) atoms. The van der Waals surface area contributed by atoms with Crippen LogP contribution >= 0.6 is 0 Å². The predicted octanol–water partition coefficient (Wildman–Crippen LogP) is 1.35. The van der Waals surface area contributed by atoms with Crippen LogP contribution in [-0.2, 0) is 14.4 Å². The normalized spacial score (nSPS) is 17.2. The number of nitrogens with zero attached hydrogens (tertiary/aromatic N) is 2. The van der Waals surface area contributed by atoms with Crippen molar-refractivity contribution in [1.29, 1.82) is 0 Å². The molecule has 1 saturated heterocycles. The summed E-state index contributed by atoms with van der Waals surface area (Å²) in [6.45, 7) is 6.37. The van der Waals surface area contributed by atoms with E-state index in [1.165, 1.54) is 11.8 Å². The molecule has 6 nitrogen and oxygen atoms in total. The van der Waals surface area contributed by atoms with Gasteiger partial charge in [-0.1, -0.05) is 12.8 Å². The summed E-state index contributed by atoms with van der Waals surface area (Å²) in [6.07, 6.45) is 4.25. The smallest absolute Gasteiger partial charge is 0.315 e. The van der Waals surface area contributed by atoms with Crippen LogP contribution in [0, 0.1) is 5.92 Å². The molecule has 6 heteroatoms. The predicted molar refractivity (Wildman–Crippen MR) is 78.7 cm³/mol. The zero-order valence-electron chi connectivity index (χ0n) is 13.2. The van der Waals surface area contributed by atoms with Crippen molar-refractivity contribution in [1.82, 2.24) is 9.80 Å². The number of hydrogen-bond acceptors (Lipinski definition) is 3. The zero-order chi connectivity index (χ0) is 16.0. The Kier molecular flexibility index (Phi) is 6.65. The SMILES string of the molecule is CC(C(=O)O)C(=O)N(CC(=O)N1CCCCCC1)C(C)C. The van der Waals surface area contributed by atoms with Crippen LogP contribution in [0.1, 0.15) is 46.5 Å². The number of carbonyl (C=O) groups is 3. The van der Waals surface area contributed by atoms with E-state index in [1.54, 1.807) is 18.7 Å². The number of likely N-dealkylation sites (tertiary alicyclic amines) is 1. The number of hydrogen-bond donors (Lipinski definition) is 1. The number of amides is 2. The Bertz CT molecular complexity index is 387. The van der Waals surface area contributed by atoms with E-state index in [9.17, 15) is 14.4 Å². The first-order chi connectivity index (χ1) is 9.84. The second-order valence-corrected chi connectivity index (χ2v) is 5.91. The van der Waals surface area contributed by atoms with E-state index in [4.69, 9.17) is 5.11 Å². The van der Waals surface area contributed by atoms with Crippen LogP contribution in [-0.4, -0.2) is 58.4 Å². The summed E-state index contributed by atoms with van der Waals surface area (Å²) in [5.41, 5.74) is 0. The maximum atomic E-state index is 12.3. The quantitative estimate of drug-likeness (QED) is 0.777. The molecule has 1 heterocycles. The van der Waals surface area contributed by atoms with Crippen molar-refractivity contribution in [3.05, 3.63) is 0 Å². The topological polar surface area (TPSA) is 77.9 Å². The average Bonchev–Trinajstić information content (AvgIpc) is 2.71. The maximum absolute atomic E-state index is 12.3. The van der Waals surface area contributed by atoms with Gasteiger partial charge in [0.25, 0.3) is 0 Å². The van der Waals surface area contributed by atoms with E-state index >= 15 is 0 Å². The monoisotopic (exact) mass is 298 g/mol. The molecule has 1 aliphatic heterocycles. The van der Waals surface area contributed by atoms with Gasteiger partial charge in [-0.25, -0.2) is 0 Å². The first kappa shape index (κ1) is 17.5. The Balaban J connectivity index is 2.71. The molecule has 120 valence electrons. The number of carboxylic acids is 1. The van der Waals surface area contributed by atoms with Gasteiger partial charge in [-0.05, 0) is 33.6 Å². The summed E-state index contributed by atoms with van der Waals surface area (Å²) in [5, 5.41) is 8.96. The zero-order valence-corrected chi connectivity index (χ0v) is 13.2. The number of aliphatic carboxylic acids is 1. The molecule has 1 N–H and O–H groups in total. The first-order valence-corrected chi connectivity index (χ1v) is 7.65. The molecular weight excluding hydrogens is 272 g/mol. The van der Waals surface area contributed by atoms with Crippen molar-refractivity contribution >= 4 is 17.8 Å². The summed E-state index contributed by atoms with van der Waals surface area (Å²) < 4.78 is 0. The van der Waals surface area contributed by atoms with Gasteiger partial charge in [0.15, 0.2) is 0 Å². The Morgan fingerprint density at radius 2 is 1.57 bits per heavy atom. The van der Waals surface area contributed by atoms with Crippen LogP contribution in [0.2, 0.25) is 0 Å². The lowest BCUT2D eigenvalue weighted by Gasteiger charge is -2.30. The van der Waals surface area contributed by atoms with E-state index in [0.717, 1.165) is 38.8 Å². The summed E-state index contributed by atoms with van der Waals surface area (Å²) in [5.74, 6) is -2.87. The first-order valence-electron chi connectivity index (χ1n) is 7.65. The van der Waals surface area contributed by atoms with Gasteiger partial charge in [0.2, 0.25) is 11.8 Å². The molecule has 0 radical (unpaired) electrons. The van der Waals surface area contributed by atoms with Gasteiger partial charge in [0.1, 0.15) is 12.5 Å².